The smallest absolute Gasteiger partial charge is 0.387 e. The third-order valence-corrected chi connectivity index (χ3v) is 4.36. The Morgan fingerprint density at radius 2 is 1.08 bits per heavy atom. The summed E-state index contributed by atoms with van der Waals surface area (Å²) in [6.07, 6.45) is -15.3. The molecule has 5 atom stereocenters. The largest absolute Gasteiger partial charge is 0.470 e. The van der Waals surface area contributed by atoms with Crippen molar-refractivity contribution in [2.24, 2.45) is 0 Å². The Labute approximate surface area is 136 Å². The summed E-state index contributed by atoms with van der Waals surface area (Å²) in [6.45, 7) is 0. The first kappa shape index (κ1) is 23.1. The highest BCUT2D eigenvalue weighted by molar-refractivity contribution is 7.46. The first-order valence-electron chi connectivity index (χ1n) is 5.81. The number of hydrogen-bond donors (Lipinski definition) is 8. The van der Waals surface area contributed by atoms with E-state index < -0.39 is 59.9 Å². The molecule has 0 bridgehead atoms. The SMILES string of the molecule is O=P(O)(O)O[C@@H]1[C@H](O)[C@H](OP(=O)(O)O)C(F)(F)[C@H](O)[C@@H]1OP(=O)(O)O. The van der Waals surface area contributed by atoms with Crippen molar-refractivity contribution in [1.82, 2.24) is 0 Å². The van der Waals surface area contributed by atoms with Crippen LogP contribution in [0.3, 0.4) is 0 Å². The van der Waals surface area contributed by atoms with Crippen LogP contribution in [-0.2, 0) is 27.3 Å². The Kier molecular flexibility index (Phi) is 6.72. The molecule has 0 heterocycles. The van der Waals surface area contributed by atoms with E-state index in [1.54, 1.807) is 0 Å². The number of halogens is 2. The van der Waals surface area contributed by atoms with Crippen molar-refractivity contribution < 1.29 is 75.6 Å². The fourth-order valence-corrected chi connectivity index (χ4v) is 3.67. The normalized spacial score (nSPS) is 34.1. The Hall–Kier alpha value is 0.110. The van der Waals surface area contributed by atoms with Gasteiger partial charge in [0.05, 0.1) is 0 Å². The van der Waals surface area contributed by atoms with Crippen molar-refractivity contribution in [2.45, 2.75) is 36.4 Å². The molecular weight excluding hydrogens is 427 g/mol. The van der Waals surface area contributed by atoms with Gasteiger partial charge in [-0.1, -0.05) is 0 Å². The maximum absolute atomic E-state index is 14.0. The van der Waals surface area contributed by atoms with Crippen LogP contribution in [0.25, 0.3) is 0 Å². The summed E-state index contributed by atoms with van der Waals surface area (Å²) < 4.78 is 71.7. The van der Waals surface area contributed by atoms with Gasteiger partial charge in [-0.2, -0.15) is 0 Å². The molecule has 0 radical (unpaired) electrons. The molecule has 19 heteroatoms. The zero-order valence-electron chi connectivity index (χ0n) is 11.5. The maximum atomic E-state index is 14.0. The van der Waals surface area contributed by atoms with E-state index in [1.165, 1.54) is 0 Å². The molecule has 14 nitrogen and oxygen atoms in total. The fraction of sp³-hybridized carbons (Fsp3) is 1.00. The Morgan fingerprint density at radius 1 is 0.720 bits per heavy atom. The molecule has 1 fully saturated rings. The van der Waals surface area contributed by atoms with Gasteiger partial charge in [-0.3, -0.25) is 13.6 Å². The first-order chi connectivity index (χ1) is 10.9. The summed E-state index contributed by atoms with van der Waals surface area (Å²) in [4.78, 5) is 51.9. The van der Waals surface area contributed by atoms with Crippen LogP contribution >= 0.6 is 23.5 Å². The van der Waals surface area contributed by atoms with E-state index in [-0.39, 0.29) is 0 Å². The minimum Gasteiger partial charge on any atom is -0.387 e. The average molecular weight is 440 g/mol. The maximum Gasteiger partial charge on any atom is 0.470 e. The van der Waals surface area contributed by atoms with Crippen LogP contribution in [0.15, 0.2) is 0 Å². The lowest BCUT2D eigenvalue weighted by molar-refractivity contribution is -0.276. The highest BCUT2D eigenvalue weighted by atomic mass is 31.2. The van der Waals surface area contributed by atoms with Crippen molar-refractivity contribution >= 4 is 23.5 Å². The number of hydrogen-bond acceptors (Lipinski definition) is 8. The molecule has 0 saturated heterocycles. The minimum absolute atomic E-state index is 2.76. The predicted molar refractivity (Wildman–Crippen MR) is 67.7 cm³/mol. The molecule has 0 aromatic rings. The molecule has 0 amide bonds. The molecule has 8 N–H and O–H groups in total. The summed E-state index contributed by atoms with van der Waals surface area (Å²) >= 11 is 0. The number of phosphoric ester groups is 3. The number of phosphoric acid groups is 3. The number of alkyl halides is 2. The van der Waals surface area contributed by atoms with E-state index in [0.717, 1.165) is 0 Å². The summed E-state index contributed by atoms with van der Waals surface area (Å²) in [5.74, 6) is -4.78. The summed E-state index contributed by atoms with van der Waals surface area (Å²) in [6, 6.07) is 0. The van der Waals surface area contributed by atoms with Crippen LogP contribution in [-0.4, -0.2) is 76.0 Å². The predicted octanol–water partition coefficient (Wildman–Crippen LogP) is -2.21. The molecular formula is C6H13F2O14P3. The van der Waals surface area contributed by atoms with Gasteiger partial charge >= 0.3 is 29.4 Å². The third kappa shape index (κ3) is 6.34. The second-order valence-corrected chi connectivity index (χ2v) is 8.32. The molecule has 0 spiro atoms. The Morgan fingerprint density at radius 3 is 1.44 bits per heavy atom. The average Bonchev–Trinajstić information content (AvgIpc) is 2.33. The summed E-state index contributed by atoms with van der Waals surface area (Å²) in [5.41, 5.74) is 0. The van der Waals surface area contributed by atoms with Gasteiger partial charge in [0.25, 0.3) is 0 Å². The molecule has 1 rings (SSSR count). The molecule has 1 aliphatic rings. The second kappa shape index (κ2) is 7.26. The van der Waals surface area contributed by atoms with Crippen molar-refractivity contribution in [2.75, 3.05) is 0 Å². The van der Waals surface area contributed by atoms with E-state index in [1.807, 2.05) is 0 Å². The third-order valence-electron chi connectivity index (χ3n) is 2.82. The van der Waals surface area contributed by atoms with Crippen molar-refractivity contribution in [3.05, 3.63) is 0 Å². The van der Waals surface area contributed by atoms with Gasteiger partial charge in [-0.25, -0.2) is 22.5 Å². The van der Waals surface area contributed by atoms with Crippen LogP contribution in [0.5, 0.6) is 0 Å². The van der Waals surface area contributed by atoms with Crippen LogP contribution < -0.4 is 0 Å². The van der Waals surface area contributed by atoms with Crippen LogP contribution in [0.2, 0.25) is 0 Å². The fourth-order valence-electron chi connectivity index (χ4n) is 2.00. The van der Waals surface area contributed by atoms with Crippen LogP contribution in [0.1, 0.15) is 0 Å². The first-order valence-corrected chi connectivity index (χ1v) is 10.4. The lowest BCUT2D eigenvalue weighted by atomic mass is 9.84. The van der Waals surface area contributed by atoms with Crippen molar-refractivity contribution in [1.29, 1.82) is 0 Å². The van der Waals surface area contributed by atoms with Gasteiger partial charge in [0.1, 0.15) is 24.4 Å². The highest BCUT2D eigenvalue weighted by Gasteiger charge is 2.66. The van der Waals surface area contributed by atoms with Gasteiger partial charge in [-0.05, 0) is 0 Å². The summed E-state index contributed by atoms with van der Waals surface area (Å²) in [7, 11) is -17.0. The van der Waals surface area contributed by atoms with Gasteiger partial charge in [0, 0.05) is 0 Å². The number of rotatable bonds is 6. The van der Waals surface area contributed by atoms with E-state index in [4.69, 9.17) is 29.4 Å². The van der Waals surface area contributed by atoms with Gasteiger partial charge in [0.15, 0.2) is 6.10 Å². The van der Waals surface area contributed by atoms with Gasteiger partial charge in [-0.15, -0.1) is 0 Å². The monoisotopic (exact) mass is 440 g/mol. The molecule has 0 aromatic heterocycles. The molecule has 0 aromatic carbocycles. The van der Waals surface area contributed by atoms with E-state index in [0.29, 0.717) is 0 Å². The Balaban J connectivity index is 3.37. The number of aliphatic hydroxyl groups is 2. The minimum atomic E-state index is -5.71. The zero-order chi connectivity index (χ0) is 20.0. The standard InChI is InChI=1S/C6H13F2O14P3/c7-6(8)4(10)3(21-24(14,15)16)2(20-23(11,12)13)1(9)5(6)22-25(17,18)19/h1-5,9-10H,(H2,11,12,13)(H2,14,15,16)(H2,17,18,19)/t1-,2+,3+,4+,5-/m0/s1. The molecule has 1 saturated carbocycles. The van der Waals surface area contributed by atoms with Crippen molar-refractivity contribution in [3.63, 3.8) is 0 Å². The molecule has 25 heavy (non-hydrogen) atoms. The topological polar surface area (TPSA) is 241 Å². The second-order valence-electron chi connectivity index (χ2n) is 4.75. The molecule has 0 aliphatic heterocycles. The lowest BCUT2D eigenvalue weighted by Gasteiger charge is -2.45. The van der Waals surface area contributed by atoms with E-state index in [2.05, 4.69) is 13.6 Å². The summed E-state index contributed by atoms with van der Waals surface area (Å²) in [5, 5.41) is 19.2. The zero-order valence-corrected chi connectivity index (χ0v) is 14.2. The van der Waals surface area contributed by atoms with Crippen molar-refractivity contribution in [3.8, 4) is 0 Å². The molecule has 0 unspecified atom stereocenters. The lowest BCUT2D eigenvalue weighted by Crippen LogP contribution is -2.68. The quantitative estimate of drug-likeness (QED) is 0.204. The van der Waals surface area contributed by atoms with Gasteiger partial charge < -0.3 is 39.6 Å². The van der Waals surface area contributed by atoms with E-state index >= 15 is 0 Å². The van der Waals surface area contributed by atoms with Crippen LogP contribution in [0, 0.1) is 0 Å². The number of aliphatic hydroxyl groups excluding tert-OH is 2. The van der Waals surface area contributed by atoms with E-state index in [9.17, 15) is 32.7 Å². The van der Waals surface area contributed by atoms with Crippen LogP contribution in [0.4, 0.5) is 8.78 Å². The molecule has 150 valence electrons. The highest BCUT2D eigenvalue weighted by Crippen LogP contribution is 2.52. The Bertz CT molecular complexity index is 622. The van der Waals surface area contributed by atoms with Gasteiger partial charge in [0.2, 0.25) is 0 Å². The molecule has 1 aliphatic carbocycles.